The summed E-state index contributed by atoms with van der Waals surface area (Å²) in [7, 11) is -1.33. The highest BCUT2D eigenvalue weighted by atomic mass is 28.3. The highest BCUT2D eigenvalue weighted by Gasteiger charge is 2.15. The van der Waals surface area contributed by atoms with E-state index < -0.39 is 20.9 Å². The molecule has 0 saturated heterocycles. The Morgan fingerprint density at radius 2 is 1.76 bits per heavy atom. The van der Waals surface area contributed by atoms with E-state index in [1.54, 1.807) is 0 Å². The molecule has 0 unspecified atom stereocenters. The molecule has 95 valence electrons. The molecular weight excluding hydrogens is 242 g/mol. The molecule has 1 aromatic carbocycles. The number of halogens is 2. The molecule has 17 heavy (non-hydrogen) atoms. The van der Waals surface area contributed by atoms with E-state index in [0.717, 1.165) is 6.07 Å². The van der Waals surface area contributed by atoms with Crippen LogP contribution in [0.15, 0.2) is 18.2 Å². The highest BCUT2D eigenvalue weighted by molar-refractivity contribution is 6.44. The zero-order valence-corrected chi connectivity index (χ0v) is 11.1. The Bertz CT molecular complexity index is 341. The second kappa shape index (κ2) is 7.52. The Hall–Kier alpha value is -0.783. The van der Waals surface area contributed by atoms with Crippen molar-refractivity contribution in [3.05, 3.63) is 35.4 Å². The summed E-state index contributed by atoms with van der Waals surface area (Å²) < 4.78 is 37.0. The third-order valence-corrected chi connectivity index (χ3v) is 4.10. The lowest BCUT2D eigenvalue weighted by Crippen LogP contribution is -2.23. The third kappa shape index (κ3) is 4.93. The quantitative estimate of drug-likeness (QED) is 0.701. The summed E-state index contributed by atoms with van der Waals surface area (Å²) in [6.45, 7) is 5.00. The summed E-state index contributed by atoms with van der Waals surface area (Å²) in [5, 5.41) is 0. The van der Waals surface area contributed by atoms with E-state index in [1.165, 1.54) is 12.1 Å². The molecule has 5 heteroatoms. The van der Waals surface area contributed by atoms with Gasteiger partial charge >= 0.3 is 9.28 Å². The SMILES string of the molecule is CCO[Si](CCc1ccc(F)cc1F)OCC. The summed E-state index contributed by atoms with van der Waals surface area (Å²) in [6, 6.07) is 4.31. The lowest BCUT2D eigenvalue weighted by Gasteiger charge is -2.13. The lowest BCUT2D eigenvalue weighted by atomic mass is 10.1. The van der Waals surface area contributed by atoms with Gasteiger partial charge in [0.25, 0.3) is 0 Å². The predicted molar refractivity (Wildman–Crippen MR) is 63.9 cm³/mol. The number of hydrogen-bond donors (Lipinski definition) is 0. The van der Waals surface area contributed by atoms with Gasteiger partial charge in [-0.1, -0.05) is 6.07 Å². The summed E-state index contributed by atoms with van der Waals surface area (Å²) >= 11 is 0. The number of rotatable bonds is 7. The zero-order valence-electron chi connectivity index (χ0n) is 10.1. The molecule has 0 aromatic heterocycles. The second-order valence-electron chi connectivity index (χ2n) is 3.47. The van der Waals surface area contributed by atoms with Gasteiger partial charge in [-0.2, -0.15) is 0 Å². The summed E-state index contributed by atoms with van der Waals surface area (Å²) in [5.41, 5.74) is 0.508. The third-order valence-electron chi connectivity index (χ3n) is 2.22. The van der Waals surface area contributed by atoms with Crippen molar-refractivity contribution in [1.82, 2.24) is 0 Å². The Kier molecular flexibility index (Phi) is 6.32. The molecule has 0 N–H and O–H groups in total. The average molecular weight is 259 g/mol. The maximum absolute atomic E-state index is 13.4. The van der Waals surface area contributed by atoms with Gasteiger partial charge in [0.2, 0.25) is 0 Å². The van der Waals surface area contributed by atoms with E-state index in [9.17, 15) is 8.78 Å². The van der Waals surface area contributed by atoms with Crippen LogP contribution in [-0.4, -0.2) is 22.5 Å². The first-order valence-corrected chi connectivity index (χ1v) is 7.25. The molecule has 1 radical (unpaired) electrons. The molecule has 1 aromatic rings. The maximum Gasteiger partial charge on any atom is 0.384 e. The molecular formula is C12H17F2O2Si. The van der Waals surface area contributed by atoms with Crippen LogP contribution in [0.1, 0.15) is 19.4 Å². The van der Waals surface area contributed by atoms with E-state index in [4.69, 9.17) is 8.85 Å². The monoisotopic (exact) mass is 259 g/mol. The Labute approximate surface area is 102 Å². The van der Waals surface area contributed by atoms with Crippen molar-refractivity contribution >= 4 is 9.28 Å². The van der Waals surface area contributed by atoms with Crippen LogP contribution >= 0.6 is 0 Å². The highest BCUT2D eigenvalue weighted by Crippen LogP contribution is 2.13. The Morgan fingerprint density at radius 1 is 1.12 bits per heavy atom. The van der Waals surface area contributed by atoms with Gasteiger partial charge in [-0.05, 0) is 37.9 Å². The van der Waals surface area contributed by atoms with Crippen LogP contribution in [0.4, 0.5) is 8.78 Å². The maximum atomic E-state index is 13.4. The van der Waals surface area contributed by atoms with Crippen molar-refractivity contribution in [3.8, 4) is 0 Å². The van der Waals surface area contributed by atoms with Gasteiger partial charge in [0, 0.05) is 19.3 Å². The molecule has 2 nitrogen and oxygen atoms in total. The summed E-state index contributed by atoms with van der Waals surface area (Å²) in [4.78, 5) is 0. The fourth-order valence-electron chi connectivity index (χ4n) is 1.47. The second-order valence-corrected chi connectivity index (χ2v) is 5.30. The summed E-state index contributed by atoms with van der Waals surface area (Å²) in [5.74, 6) is -1.05. The molecule has 0 atom stereocenters. The van der Waals surface area contributed by atoms with Gasteiger partial charge in [0.1, 0.15) is 11.6 Å². The summed E-state index contributed by atoms with van der Waals surface area (Å²) in [6.07, 6.45) is 0.514. The van der Waals surface area contributed by atoms with Crippen LogP contribution in [0, 0.1) is 11.6 Å². The van der Waals surface area contributed by atoms with E-state index in [-0.39, 0.29) is 0 Å². The normalized spacial score (nSPS) is 11.1. The molecule has 0 aliphatic carbocycles. The van der Waals surface area contributed by atoms with Crippen molar-refractivity contribution in [2.75, 3.05) is 13.2 Å². The topological polar surface area (TPSA) is 18.5 Å². The average Bonchev–Trinajstić information content (AvgIpc) is 2.28. The molecule has 0 fully saturated rings. The molecule has 0 aliphatic heterocycles. The largest absolute Gasteiger partial charge is 0.394 e. The van der Waals surface area contributed by atoms with Gasteiger partial charge in [-0.25, -0.2) is 8.78 Å². The van der Waals surface area contributed by atoms with Gasteiger partial charge in [0.15, 0.2) is 0 Å². The first kappa shape index (κ1) is 14.3. The molecule has 0 saturated carbocycles. The Balaban J connectivity index is 2.52. The molecule has 0 spiro atoms. The minimum Gasteiger partial charge on any atom is -0.394 e. The van der Waals surface area contributed by atoms with Gasteiger partial charge < -0.3 is 8.85 Å². The van der Waals surface area contributed by atoms with E-state index in [2.05, 4.69) is 0 Å². The van der Waals surface area contributed by atoms with Crippen molar-refractivity contribution in [1.29, 1.82) is 0 Å². The van der Waals surface area contributed by atoms with Crippen LogP contribution in [0.25, 0.3) is 0 Å². The fraction of sp³-hybridized carbons (Fsp3) is 0.500. The number of aryl methyl sites for hydroxylation is 1. The number of hydrogen-bond acceptors (Lipinski definition) is 2. The van der Waals surface area contributed by atoms with Crippen molar-refractivity contribution in [2.24, 2.45) is 0 Å². The molecule has 0 aliphatic rings. The van der Waals surface area contributed by atoms with E-state index in [0.29, 0.717) is 31.2 Å². The molecule has 1 rings (SSSR count). The zero-order chi connectivity index (χ0) is 12.7. The van der Waals surface area contributed by atoms with Crippen molar-refractivity contribution in [3.63, 3.8) is 0 Å². The Morgan fingerprint density at radius 3 is 2.29 bits per heavy atom. The van der Waals surface area contributed by atoms with Gasteiger partial charge in [-0.15, -0.1) is 0 Å². The van der Waals surface area contributed by atoms with E-state index >= 15 is 0 Å². The lowest BCUT2D eigenvalue weighted by molar-refractivity contribution is 0.213. The van der Waals surface area contributed by atoms with Gasteiger partial charge in [0.05, 0.1) is 0 Å². The molecule has 0 heterocycles. The molecule has 0 bridgehead atoms. The van der Waals surface area contributed by atoms with Crippen molar-refractivity contribution < 1.29 is 17.6 Å². The minimum atomic E-state index is -1.33. The number of benzene rings is 1. The minimum absolute atomic E-state index is 0.501. The van der Waals surface area contributed by atoms with Gasteiger partial charge in [-0.3, -0.25) is 0 Å². The smallest absolute Gasteiger partial charge is 0.384 e. The van der Waals surface area contributed by atoms with E-state index in [1.807, 2.05) is 13.8 Å². The van der Waals surface area contributed by atoms with Crippen LogP contribution in [0.3, 0.4) is 0 Å². The first-order chi connectivity index (χ1) is 8.17. The first-order valence-electron chi connectivity index (χ1n) is 5.72. The molecule has 0 amide bonds. The fourth-order valence-corrected chi connectivity index (χ4v) is 2.96. The van der Waals surface area contributed by atoms with Crippen molar-refractivity contribution in [2.45, 2.75) is 26.3 Å². The standard InChI is InChI=1S/C12H17F2O2Si/c1-3-15-17(16-4-2)8-7-10-5-6-11(13)9-12(10)14/h5-6,9H,3-4,7-8H2,1-2H3. The predicted octanol–water partition coefficient (Wildman–Crippen LogP) is 3.07. The van der Waals surface area contributed by atoms with Crippen LogP contribution in [0.2, 0.25) is 6.04 Å². The van der Waals surface area contributed by atoms with Crippen LogP contribution in [-0.2, 0) is 15.3 Å². The van der Waals surface area contributed by atoms with Crippen LogP contribution in [0.5, 0.6) is 0 Å². The van der Waals surface area contributed by atoms with Crippen LogP contribution < -0.4 is 0 Å².